The average molecular weight is 443 g/mol. The molecule has 1 heterocycles. The van der Waals surface area contributed by atoms with Gasteiger partial charge in [0.05, 0.1) is 4.90 Å². The highest BCUT2D eigenvalue weighted by molar-refractivity contribution is 7.92. The first-order valence-electron chi connectivity index (χ1n) is 11.0. The number of sulfonamides is 1. The fraction of sp³-hybridized carbons (Fsp3) is 0.480. The monoisotopic (exact) mass is 442 g/mol. The third-order valence-electron chi connectivity index (χ3n) is 6.66. The van der Waals surface area contributed by atoms with Crippen LogP contribution in [0.25, 0.3) is 0 Å². The molecule has 0 spiro atoms. The van der Waals surface area contributed by atoms with Crippen molar-refractivity contribution in [3.8, 4) is 0 Å². The van der Waals surface area contributed by atoms with Crippen molar-refractivity contribution in [2.75, 3.05) is 16.2 Å². The molecule has 1 N–H and O–H groups in total. The zero-order chi connectivity index (χ0) is 23.1. The van der Waals surface area contributed by atoms with E-state index in [1.807, 2.05) is 51.7 Å². The smallest absolute Gasteiger partial charge is 0.262 e. The molecule has 0 saturated heterocycles. The van der Waals surface area contributed by atoms with Gasteiger partial charge in [-0.2, -0.15) is 0 Å². The van der Waals surface area contributed by atoms with Gasteiger partial charge in [-0.3, -0.25) is 9.52 Å². The molecular weight excluding hydrogens is 408 g/mol. The molecule has 0 radical (unpaired) electrons. The molecule has 0 aromatic heterocycles. The molecule has 0 atom stereocenters. The van der Waals surface area contributed by atoms with Gasteiger partial charge in [-0.05, 0) is 105 Å². The fourth-order valence-corrected chi connectivity index (χ4v) is 5.98. The second-order valence-electron chi connectivity index (χ2n) is 9.13. The number of carbonyl (C=O) groups is 1. The molecule has 1 amide bonds. The van der Waals surface area contributed by atoms with Crippen molar-refractivity contribution < 1.29 is 13.2 Å². The van der Waals surface area contributed by atoms with E-state index in [1.165, 1.54) is 0 Å². The van der Waals surface area contributed by atoms with E-state index in [0.717, 1.165) is 45.5 Å². The number of anilines is 2. The Morgan fingerprint density at radius 3 is 2.10 bits per heavy atom. The largest absolute Gasteiger partial charge is 0.312 e. The second kappa shape index (κ2) is 8.65. The lowest BCUT2D eigenvalue weighted by atomic mass is 9.95. The predicted octanol–water partition coefficient (Wildman–Crippen LogP) is 5.35. The van der Waals surface area contributed by atoms with Gasteiger partial charge in [0.15, 0.2) is 0 Å². The summed E-state index contributed by atoms with van der Waals surface area (Å²) in [5, 5.41) is 0. The first-order valence-corrected chi connectivity index (χ1v) is 12.5. The van der Waals surface area contributed by atoms with E-state index in [4.69, 9.17) is 0 Å². The van der Waals surface area contributed by atoms with E-state index in [2.05, 4.69) is 18.6 Å². The number of nitrogens with one attached hydrogen (secondary N) is 1. The minimum Gasteiger partial charge on any atom is -0.312 e. The lowest BCUT2D eigenvalue weighted by molar-refractivity contribution is -0.118. The number of benzene rings is 2. The zero-order valence-corrected chi connectivity index (χ0v) is 20.5. The van der Waals surface area contributed by atoms with Gasteiger partial charge in [0, 0.05) is 24.3 Å². The number of amides is 1. The van der Waals surface area contributed by atoms with Gasteiger partial charge in [-0.1, -0.05) is 13.8 Å². The van der Waals surface area contributed by atoms with E-state index in [1.54, 1.807) is 6.07 Å². The molecule has 0 saturated carbocycles. The highest BCUT2D eigenvalue weighted by Crippen LogP contribution is 2.34. The Hall–Kier alpha value is -2.34. The molecule has 2 aromatic rings. The maximum Gasteiger partial charge on any atom is 0.262 e. The number of hydrogen-bond donors (Lipinski definition) is 1. The summed E-state index contributed by atoms with van der Waals surface area (Å²) in [6, 6.07) is 5.51. The molecule has 0 bridgehead atoms. The van der Waals surface area contributed by atoms with E-state index < -0.39 is 10.0 Å². The van der Waals surface area contributed by atoms with Crippen molar-refractivity contribution in [2.45, 2.75) is 72.6 Å². The van der Waals surface area contributed by atoms with Crippen LogP contribution in [0.2, 0.25) is 0 Å². The minimum atomic E-state index is -3.74. The van der Waals surface area contributed by atoms with E-state index in [9.17, 15) is 13.2 Å². The van der Waals surface area contributed by atoms with Gasteiger partial charge in [0.2, 0.25) is 5.91 Å². The van der Waals surface area contributed by atoms with Gasteiger partial charge >= 0.3 is 0 Å². The first kappa shape index (κ1) is 23.3. The van der Waals surface area contributed by atoms with Crippen LogP contribution >= 0.6 is 0 Å². The van der Waals surface area contributed by atoms with Crippen LogP contribution in [-0.2, 0) is 21.2 Å². The van der Waals surface area contributed by atoms with Crippen molar-refractivity contribution in [1.82, 2.24) is 0 Å². The molecule has 0 aliphatic carbocycles. The summed E-state index contributed by atoms with van der Waals surface area (Å²) in [6.45, 7) is 14.7. The van der Waals surface area contributed by atoms with Crippen molar-refractivity contribution >= 4 is 27.3 Å². The average Bonchev–Trinajstić information content (AvgIpc) is 2.69. The highest BCUT2D eigenvalue weighted by Gasteiger charge is 2.27. The quantitative estimate of drug-likeness (QED) is 0.655. The topological polar surface area (TPSA) is 66.5 Å². The second-order valence-corrected chi connectivity index (χ2v) is 10.8. The molecule has 5 nitrogen and oxygen atoms in total. The lowest BCUT2D eigenvalue weighted by Gasteiger charge is -2.30. The van der Waals surface area contributed by atoms with Crippen LogP contribution in [0.1, 0.15) is 60.1 Å². The summed E-state index contributed by atoms with van der Waals surface area (Å²) in [5.41, 5.74) is 7.16. The molecule has 3 rings (SSSR count). The highest BCUT2D eigenvalue weighted by atomic mass is 32.2. The summed E-state index contributed by atoms with van der Waals surface area (Å²) >= 11 is 0. The minimum absolute atomic E-state index is 0.137. The Morgan fingerprint density at radius 1 is 0.935 bits per heavy atom. The number of hydrogen-bond acceptors (Lipinski definition) is 3. The molecular formula is C25H34N2O3S. The molecule has 0 unspecified atom stereocenters. The van der Waals surface area contributed by atoms with Crippen molar-refractivity contribution in [2.24, 2.45) is 5.92 Å². The lowest BCUT2D eigenvalue weighted by Crippen LogP contribution is -2.36. The maximum absolute atomic E-state index is 13.3. The number of rotatable bonds is 6. The molecule has 0 fully saturated rings. The predicted molar refractivity (Wildman–Crippen MR) is 128 cm³/mol. The molecule has 1 aliphatic rings. The van der Waals surface area contributed by atoms with Crippen LogP contribution in [0, 0.1) is 40.5 Å². The van der Waals surface area contributed by atoms with Crippen LogP contribution in [0.3, 0.4) is 0 Å². The Balaban J connectivity index is 1.95. The Labute approximate surface area is 186 Å². The zero-order valence-electron chi connectivity index (χ0n) is 19.7. The van der Waals surface area contributed by atoms with Gasteiger partial charge in [0.25, 0.3) is 10.0 Å². The standard InChI is InChI=1S/C25H34N2O3S/c1-15(2)12-13-27-23-10-9-22(14-21(23)8-11-24(27)28)26-31(29,30)25-19(6)17(4)16(3)18(5)20(25)7/h9-10,14-15,26H,8,11-13H2,1-7H3. The van der Waals surface area contributed by atoms with Gasteiger partial charge in [0.1, 0.15) is 0 Å². The molecule has 1 aliphatic heterocycles. The Morgan fingerprint density at radius 2 is 1.52 bits per heavy atom. The van der Waals surface area contributed by atoms with Gasteiger partial charge in [-0.15, -0.1) is 0 Å². The van der Waals surface area contributed by atoms with Crippen LogP contribution in [-0.4, -0.2) is 20.9 Å². The number of fused-ring (bicyclic) bond motifs is 1. The number of aryl methyl sites for hydroxylation is 1. The first-order chi connectivity index (χ1) is 14.4. The number of carbonyl (C=O) groups excluding carboxylic acids is 1. The molecule has 2 aromatic carbocycles. The van der Waals surface area contributed by atoms with Crippen molar-refractivity contribution in [3.05, 3.63) is 51.6 Å². The summed E-state index contributed by atoms with van der Waals surface area (Å²) in [4.78, 5) is 14.7. The summed E-state index contributed by atoms with van der Waals surface area (Å²) in [7, 11) is -3.74. The summed E-state index contributed by atoms with van der Waals surface area (Å²) < 4.78 is 29.5. The SMILES string of the molecule is Cc1c(C)c(C)c(S(=O)(=O)Nc2ccc3c(c2)CCC(=O)N3CCC(C)C)c(C)c1C. The van der Waals surface area contributed by atoms with Crippen LogP contribution in [0.15, 0.2) is 23.1 Å². The third kappa shape index (κ3) is 4.49. The Bertz CT molecular complexity index is 1100. The van der Waals surface area contributed by atoms with Crippen molar-refractivity contribution in [3.63, 3.8) is 0 Å². The summed E-state index contributed by atoms with van der Waals surface area (Å²) in [5.74, 6) is 0.649. The van der Waals surface area contributed by atoms with Crippen LogP contribution in [0.5, 0.6) is 0 Å². The van der Waals surface area contributed by atoms with Crippen LogP contribution < -0.4 is 9.62 Å². The van der Waals surface area contributed by atoms with Crippen molar-refractivity contribution in [1.29, 1.82) is 0 Å². The third-order valence-corrected chi connectivity index (χ3v) is 8.32. The normalized spacial score (nSPS) is 14.2. The number of nitrogens with zero attached hydrogens (tertiary/aromatic N) is 1. The summed E-state index contributed by atoms with van der Waals surface area (Å²) in [6.07, 6.45) is 2.02. The van der Waals surface area contributed by atoms with Gasteiger partial charge < -0.3 is 4.90 Å². The molecule has 6 heteroatoms. The maximum atomic E-state index is 13.3. The van der Waals surface area contributed by atoms with E-state index >= 15 is 0 Å². The van der Waals surface area contributed by atoms with Gasteiger partial charge in [-0.25, -0.2) is 8.42 Å². The van der Waals surface area contributed by atoms with E-state index in [0.29, 0.717) is 35.9 Å². The molecule has 168 valence electrons. The molecule has 31 heavy (non-hydrogen) atoms. The van der Waals surface area contributed by atoms with Crippen LogP contribution in [0.4, 0.5) is 11.4 Å². The Kier molecular flexibility index (Phi) is 6.51. The fourth-order valence-electron chi connectivity index (χ4n) is 4.33. The van der Waals surface area contributed by atoms with E-state index in [-0.39, 0.29) is 5.91 Å².